The van der Waals surface area contributed by atoms with Crippen molar-refractivity contribution in [3.63, 3.8) is 0 Å². The largest absolute Gasteiger partial charge is 0.330 e. The highest BCUT2D eigenvalue weighted by molar-refractivity contribution is 8.00. The first-order valence-corrected chi connectivity index (χ1v) is 7.89. The molecule has 2 aliphatic rings. The summed E-state index contributed by atoms with van der Waals surface area (Å²) >= 11 is 1.68. The molecule has 2 rings (SSSR count). The van der Waals surface area contributed by atoms with Crippen molar-refractivity contribution >= 4 is 29.6 Å². The molecule has 0 atom stereocenters. The summed E-state index contributed by atoms with van der Waals surface area (Å²) in [4.78, 5) is 37.3. The molecule has 2 fully saturated rings. The van der Waals surface area contributed by atoms with Gasteiger partial charge in [-0.1, -0.05) is 13.8 Å². The molecule has 19 heavy (non-hydrogen) atoms. The van der Waals surface area contributed by atoms with Crippen LogP contribution in [0, 0.1) is 5.41 Å². The minimum Gasteiger partial charge on any atom is -0.277 e. The molecule has 5 nitrogen and oxygen atoms in total. The normalized spacial score (nSPS) is 21.8. The Balaban J connectivity index is 2.21. The Labute approximate surface area is 117 Å². The lowest BCUT2D eigenvalue weighted by Crippen LogP contribution is -2.61. The number of rotatable bonds is 5. The van der Waals surface area contributed by atoms with Crippen LogP contribution >= 0.6 is 11.8 Å². The van der Waals surface area contributed by atoms with E-state index < -0.39 is 17.4 Å². The molecule has 0 bridgehead atoms. The summed E-state index contributed by atoms with van der Waals surface area (Å²) in [6.45, 7) is 4.50. The molecule has 1 aliphatic heterocycles. The van der Waals surface area contributed by atoms with E-state index in [1.807, 2.05) is 6.26 Å². The summed E-state index contributed by atoms with van der Waals surface area (Å²) < 4.78 is -0.122. The van der Waals surface area contributed by atoms with Crippen molar-refractivity contribution in [3.05, 3.63) is 0 Å². The second kappa shape index (κ2) is 4.81. The van der Waals surface area contributed by atoms with E-state index in [2.05, 4.69) is 19.2 Å². The van der Waals surface area contributed by atoms with Gasteiger partial charge in [-0.05, 0) is 31.9 Å². The van der Waals surface area contributed by atoms with Crippen molar-refractivity contribution in [2.45, 2.75) is 44.3 Å². The molecule has 1 N–H and O–H groups in total. The summed E-state index contributed by atoms with van der Waals surface area (Å²) in [6, 6.07) is -0.562. The third-order valence-electron chi connectivity index (χ3n) is 4.47. The predicted octanol–water partition coefficient (Wildman–Crippen LogP) is 1.77. The number of amides is 4. The second-order valence-corrected chi connectivity index (χ2v) is 6.60. The van der Waals surface area contributed by atoms with Crippen LogP contribution in [0.5, 0.6) is 0 Å². The van der Waals surface area contributed by atoms with Crippen molar-refractivity contribution in [1.82, 2.24) is 10.2 Å². The molecule has 0 aromatic carbocycles. The minimum absolute atomic E-state index is 0.122. The Hall–Kier alpha value is -1.04. The van der Waals surface area contributed by atoms with Crippen LogP contribution in [0.2, 0.25) is 0 Å². The first-order valence-electron chi connectivity index (χ1n) is 6.67. The predicted molar refractivity (Wildman–Crippen MR) is 73.7 cm³/mol. The van der Waals surface area contributed by atoms with Gasteiger partial charge in [0.25, 0.3) is 0 Å². The molecular weight excluding hydrogens is 264 g/mol. The van der Waals surface area contributed by atoms with Crippen LogP contribution in [0.3, 0.4) is 0 Å². The third-order valence-corrected chi connectivity index (χ3v) is 6.05. The Morgan fingerprint density at radius 1 is 1.26 bits per heavy atom. The first-order chi connectivity index (χ1) is 8.94. The molecule has 0 radical (unpaired) electrons. The van der Waals surface area contributed by atoms with E-state index in [0.29, 0.717) is 19.4 Å². The molecule has 1 saturated carbocycles. The highest BCUT2D eigenvalue weighted by Gasteiger charge is 2.62. The van der Waals surface area contributed by atoms with Crippen LogP contribution in [-0.4, -0.2) is 40.3 Å². The van der Waals surface area contributed by atoms with E-state index in [0.717, 1.165) is 12.8 Å². The summed E-state index contributed by atoms with van der Waals surface area (Å²) in [7, 11) is 0. The Bertz CT molecular complexity index is 419. The van der Waals surface area contributed by atoms with Crippen molar-refractivity contribution < 1.29 is 14.4 Å². The van der Waals surface area contributed by atoms with Crippen molar-refractivity contribution in [2.24, 2.45) is 5.41 Å². The van der Waals surface area contributed by atoms with E-state index in [4.69, 9.17) is 0 Å². The van der Waals surface area contributed by atoms with Crippen LogP contribution < -0.4 is 5.32 Å². The third kappa shape index (κ3) is 2.16. The smallest absolute Gasteiger partial charge is 0.277 e. The standard InChI is InChI=1S/C13H20N2O3S/c1-4-12(5-2,19-3)8-15-10(17)13(6-7-13)9(16)14-11(15)18/h4-8H2,1-3H3,(H,14,16,18). The average molecular weight is 284 g/mol. The van der Waals surface area contributed by atoms with Crippen LogP contribution in [0.4, 0.5) is 4.79 Å². The van der Waals surface area contributed by atoms with Gasteiger partial charge in [0.15, 0.2) is 0 Å². The molecule has 106 valence electrons. The van der Waals surface area contributed by atoms with Crippen LogP contribution in [0.25, 0.3) is 0 Å². The molecule has 4 amide bonds. The summed E-state index contributed by atoms with van der Waals surface area (Å²) in [5.74, 6) is -0.719. The van der Waals surface area contributed by atoms with Gasteiger partial charge in [0.1, 0.15) is 5.41 Å². The number of thioether (sulfide) groups is 1. The maximum atomic E-state index is 12.4. The van der Waals surface area contributed by atoms with Crippen LogP contribution in [-0.2, 0) is 9.59 Å². The van der Waals surface area contributed by atoms with E-state index in [-0.39, 0.29) is 10.7 Å². The van der Waals surface area contributed by atoms with Gasteiger partial charge in [-0.2, -0.15) is 11.8 Å². The van der Waals surface area contributed by atoms with Gasteiger partial charge >= 0.3 is 6.03 Å². The molecule has 1 saturated heterocycles. The molecular formula is C13H20N2O3S. The highest BCUT2D eigenvalue weighted by Crippen LogP contribution is 2.49. The van der Waals surface area contributed by atoms with Gasteiger partial charge in [0.05, 0.1) is 0 Å². The molecule has 0 aromatic rings. The lowest BCUT2D eigenvalue weighted by atomic mass is 9.97. The summed E-state index contributed by atoms with van der Waals surface area (Å²) in [5.41, 5.74) is -0.931. The quantitative estimate of drug-likeness (QED) is 0.781. The number of urea groups is 1. The number of barbiturate groups is 1. The first kappa shape index (κ1) is 14.4. The number of nitrogens with zero attached hydrogens (tertiary/aromatic N) is 1. The van der Waals surface area contributed by atoms with E-state index in [1.54, 1.807) is 11.8 Å². The lowest BCUT2D eigenvalue weighted by Gasteiger charge is -2.38. The van der Waals surface area contributed by atoms with Crippen LogP contribution in [0.1, 0.15) is 39.5 Å². The molecule has 1 heterocycles. The fourth-order valence-electron chi connectivity index (χ4n) is 2.56. The number of nitrogens with one attached hydrogen (secondary N) is 1. The van der Waals surface area contributed by atoms with Crippen LogP contribution in [0.15, 0.2) is 0 Å². The number of carbonyl (C=O) groups is 3. The number of hydrogen-bond donors (Lipinski definition) is 1. The van der Waals surface area contributed by atoms with Gasteiger partial charge in [-0.25, -0.2) is 4.79 Å². The van der Waals surface area contributed by atoms with E-state index in [1.165, 1.54) is 4.90 Å². The molecule has 6 heteroatoms. The van der Waals surface area contributed by atoms with Crippen molar-refractivity contribution in [2.75, 3.05) is 12.8 Å². The average Bonchev–Trinajstić information content (AvgIpc) is 3.20. The Morgan fingerprint density at radius 2 is 1.84 bits per heavy atom. The highest BCUT2D eigenvalue weighted by atomic mass is 32.2. The summed E-state index contributed by atoms with van der Waals surface area (Å²) in [6.07, 6.45) is 4.88. The molecule has 1 spiro atoms. The Morgan fingerprint density at radius 3 is 2.26 bits per heavy atom. The number of carbonyl (C=O) groups excluding carboxylic acids is 3. The molecule has 1 aliphatic carbocycles. The van der Waals surface area contributed by atoms with Gasteiger partial charge < -0.3 is 0 Å². The maximum Gasteiger partial charge on any atom is 0.330 e. The maximum absolute atomic E-state index is 12.4. The number of imide groups is 2. The zero-order chi connectivity index (χ0) is 14.3. The monoisotopic (exact) mass is 284 g/mol. The fraction of sp³-hybridized carbons (Fsp3) is 0.769. The second-order valence-electron chi connectivity index (χ2n) is 5.33. The van der Waals surface area contributed by atoms with E-state index in [9.17, 15) is 14.4 Å². The SMILES string of the molecule is CCC(CC)(CN1C(=O)NC(=O)C2(CC2)C1=O)SC. The minimum atomic E-state index is -0.931. The van der Waals surface area contributed by atoms with Gasteiger partial charge in [0, 0.05) is 11.3 Å². The topological polar surface area (TPSA) is 66.5 Å². The lowest BCUT2D eigenvalue weighted by molar-refractivity contribution is -0.144. The zero-order valence-electron chi connectivity index (χ0n) is 11.6. The summed E-state index contributed by atoms with van der Waals surface area (Å²) in [5, 5.41) is 2.33. The fourth-order valence-corrected chi connectivity index (χ4v) is 3.39. The van der Waals surface area contributed by atoms with Gasteiger partial charge in [-0.15, -0.1) is 0 Å². The molecule has 0 unspecified atom stereocenters. The number of hydrogen-bond acceptors (Lipinski definition) is 4. The van der Waals surface area contributed by atoms with Gasteiger partial charge in [0.2, 0.25) is 11.8 Å². The van der Waals surface area contributed by atoms with E-state index >= 15 is 0 Å². The Kier molecular flexibility index (Phi) is 3.64. The molecule has 0 aromatic heterocycles. The zero-order valence-corrected chi connectivity index (χ0v) is 12.4. The van der Waals surface area contributed by atoms with Crippen molar-refractivity contribution in [3.8, 4) is 0 Å². The van der Waals surface area contributed by atoms with Crippen molar-refractivity contribution in [1.29, 1.82) is 0 Å². The van der Waals surface area contributed by atoms with Gasteiger partial charge in [-0.3, -0.25) is 19.8 Å².